The maximum Gasteiger partial charge on any atom is 1.00 e. The number of aryl methyl sites for hydroxylation is 1. The molecule has 0 heterocycles. The number of phenols is 1. The molecule has 0 aromatic heterocycles. The van der Waals surface area contributed by atoms with Crippen LogP contribution in [0.4, 0.5) is 22.7 Å². The summed E-state index contributed by atoms with van der Waals surface area (Å²) in [5, 5.41) is 31.8. The Kier molecular flexibility index (Phi) is 9.59. The van der Waals surface area contributed by atoms with Crippen molar-refractivity contribution in [3.05, 3.63) is 108 Å². The van der Waals surface area contributed by atoms with E-state index in [-0.39, 0.29) is 72.9 Å². The summed E-state index contributed by atoms with van der Waals surface area (Å²) in [6, 6.07) is 23.2. The second-order valence-electron chi connectivity index (χ2n) is 9.47. The van der Waals surface area contributed by atoms with E-state index in [1.165, 1.54) is 42.5 Å². The molecule has 14 heteroatoms. The molecule has 0 aliphatic carbocycles. The molecule has 0 aliphatic heterocycles. The molecule has 0 saturated heterocycles. The van der Waals surface area contributed by atoms with E-state index >= 15 is 0 Å². The molecule has 0 saturated carbocycles. The summed E-state index contributed by atoms with van der Waals surface area (Å²) >= 11 is 0. The molecule has 0 bridgehead atoms. The SMILES string of the molecule is Cc1ccc(S(=O)(=O)c2cc(N=C([O-])c3ccccc3)ccc2N=Nc2c(N)ccc3cc(S(=O)(=O)O)cc(O)c23)cc1.[Na+]. The van der Waals surface area contributed by atoms with Crippen LogP contribution in [-0.4, -0.2) is 32.4 Å². The van der Waals surface area contributed by atoms with Crippen molar-refractivity contribution < 1.29 is 61.2 Å². The zero-order valence-electron chi connectivity index (χ0n) is 23.4. The number of aromatic hydroxyl groups is 1. The molecule has 0 radical (unpaired) electrons. The van der Waals surface area contributed by atoms with E-state index in [0.29, 0.717) is 5.56 Å². The quantitative estimate of drug-likeness (QED) is 0.0603. The Hall–Kier alpha value is -4.11. The summed E-state index contributed by atoms with van der Waals surface area (Å²) in [6.07, 6.45) is 0. The van der Waals surface area contributed by atoms with Gasteiger partial charge in [-0.25, -0.2) is 8.42 Å². The van der Waals surface area contributed by atoms with Gasteiger partial charge in [-0.1, -0.05) is 54.1 Å². The molecule has 5 rings (SSSR count). The Morgan fingerprint density at radius 2 is 1.50 bits per heavy atom. The first kappa shape index (κ1) is 32.8. The summed E-state index contributed by atoms with van der Waals surface area (Å²) in [5.41, 5.74) is 7.21. The number of anilines is 1. The van der Waals surface area contributed by atoms with Crippen LogP contribution < -0.4 is 40.4 Å². The predicted molar refractivity (Wildman–Crippen MR) is 160 cm³/mol. The zero-order chi connectivity index (χ0) is 30.9. The van der Waals surface area contributed by atoms with Gasteiger partial charge in [0.05, 0.1) is 26.6 Å². The number of rotatable bonds is 7. The summed E-state index contributed by atoms with van der Waals surface area (Å²) < 4.78 is 60.2. The Morgan fingerprint density at radius 1 is 0.818 bits per heavy atom. The Morgan fingerprint density at radius 3 is 2.16 bits per heavy atom. The number of benzene rings is 5. The van der Waals surface area contributed by atoms with E-state index in [9.17, 15) is 31.6 Å². The van der Waals surface area contributed by atoms with Crippen LogP contribution in [-0.2, 0) is 20.0 Å². The molecule has 5 aromatic rings. The first-order valence-electron chi connectivity index (χ1n) is 12.6. The fourth-order valence-electron chi connectivity index (χ4n) is 4.25. The molecule has 0 aliphatic rings. The average molecular weight is 639 g/mol. The second kappa shape index (κ2) is 12.9. The summed E-state index contributed by atoms with van der Waals surface area (Å²) in [6.45, 7) is 1.81. The minimum absolute atomic E-state index is 0. The number of azo groups is 1. The van der Waals surface area contributed by atoms with Gasteiger partial charge in [-0.2, -0.15) is 8.42 Å². The van der Waals surface area contributed by atoms with Gasteiger partial charge in [-0.3, -0.25) is 9.55 Å². The number of aliphatic imine (C=N–C) groups is 1. The van der Waals surface area contributed by atoms with Crippen LogP contribution in [0, 0.1) is 6.92 Å². The van der Waals surface area contributed by atoms with Crippen molar-refractivity contribution in [2.45, 2.75) is 21.6 Å². The Labute approximate surface area is 275 Å². The molecule has 0 spiro atoms. The van der Waals surface area contributed by atoms with Gasteiger partial charge in [0.15, 0.2) is 0 Å². The molecule has 218 valence electrons. The van der Waals surface area contributed by atoms with Gasteiger partial charge >= 0.3 is 29.6 Å². The standard InChI is InChI=1S/C30H24N4O7S2.Na/c1-18-7-11-22(12-8-18)42(37,38)27-16-21(32-30(36)19-5-3-2-4-6-19)10-14-25(27)33-34-29-24(31)13-9-20-15-23(43(39,40)41)17-26(35)28(20)29;/h2-17,35H,31H2,1H3,(H,32,36)(H,39,40,41);/q;+1/p-1. The number of nitrogens with zero attached hydrogens (tertiary/aromatic N) is 3. The third kappa shape index (κ3) is 6.83. The van der Waals surface area contributed by atoms with E-state index in [4.69, 9.17) is 5.73 Å². The molecular formula is C30H23N4NaO7S2. The second-order valence-corrected chi connectivity index (χ2v) is 12.8. The molecule has 0 atom stereocenters. The van der Waals surface area contributed by atoms with Crippen molar-refractivity contribution >= 4 is 59.4 Å². The molecule has 4 N–H and O–H groups in total. The Bertz CT molecular complexity index is 2150. The minimum atomic E-state index is -4.62. The van der Waals surface area contributed by atoms with Crippen LogP contribution >= 0.6 is 0 Å². The molecule has 44 heavy (non-hydrogen) atoms. The number of phenolic OH excluding ortho intramolecular Hbond substituents is 1. The average Bonchev–Trinajstić information content (AvgIpc) is 2.97. The number of hydrogen-bond donors (Lipinski definition) is 3. The maximum absolute atomic E-state index is 13.8. The molecule has 5 aromatic carbocycles. The number of nitrogens with two attached hydrogens (primary N) is 1. The third-order valence-electron chi connectivity index (χ3n) is 6.45. The Balaban J connectivity index is 0.00000442. The molecule has 0 fully saturated rings. The number of nitrogen functional groups attached to an aromatic ring is 1. The zero-order valence-corrected chi connectivity index (χ0v) is 27.0. The molecular weight excluding hydrogens is 615 g/mol. The van der Waals surface area contributed by atoms with Gasteiger partial charge in [-0.05, 0) is 66.2 Å². The van der Waals surface area contributed by atoms with Crippen LogP contribution in [0.25, 0.3) is 10.8 Å². The summed E-state index contributed by atoms with van der Waals surface area (Å²) in [7, 11) is -8.82. The summed E-state index contributed by atoms with van der Waals surface area (Å²) in [4.78, 5) is 3.21. The number of fused-ring (bicyclic) bond motifs is 1. The number of sulfone groups is 1. The van der Waals surface area contributed by atoms with Crippen LogP contribution in [0.15, 0.2) is 127 Å². The molecule has 0 unspecified atom stereocenters. The van der Waals surface area contributed by atoms with Crippen LogP contribution in [0.2, 0.25) is 0 Å². The van der Waals surface area contributed by atoms with Crippen molar-refractivity contribution in [1.82, 2.24) is 0 Å². The minimum Gasteiger partial charge on any atom is -0.858 e. The van der Waals surface area contributed by atoms with Gasteiger partial charge in [0.1, 0.15) is 22.0 Å². The van der Waals surface area contributed by atoms with Crippen molar-refractivity contribution in [1.29, 1.82) is 0 Å². The summed E-state index contributed by atoms with van der Waals surface area (Å²) in [5.74, 6) is -1.12. The van der Waals surface area contributed by atoms with Crippen molar-refractivity contribution in [3.8, 4) is 5.75 Å². The molecule has 0 amide bonds. The monoisotopic (exact) mass is 638 g/mol. The fourth-order valence-corrected chi connectivity index (χ4v) is 6.20. The first-order valence-corrected chi connectivity index (χ1v) is 15.5. The van der Waals surface area contributed by atoms with Crippen LogP contribution in [0.1, 0.15) is 11.1 Å². The third-order valence-corrected chi connectivity index (χ3v) is 9.08. The van der Waals surface area contributed by atoms with Crippen LogP contribution in [0.3, 0.4) is 0 Å². The van der Waals surface area contributed by atoms with Crippen LogP contribution in [0.5, 0.6) is 5.75 Å². The van der Waals surface area contributed by atoms with E-state index in [0.717, 1.165) is 17.7 Å². The topological polar surface area (TPSA) is 195 Å². The largest absolute Gasteiger partial charge is 1.00 e. The van der Waals surface area contributed by atoms with Crippen molar-refractivity contribution in [2.24, 2.45) is 15.2 Å². The van der Waals surface area contributed by atoms with Gasteiger partial charge in [0.25, 0.3) is 10.1 Å². The fraction of sp³-hybridized carbons (Fsp3) is 0.0333. The first-order chi connectivity index (χ1) is 20.3. The molecule has 11 nitrogen and oxygen atoms in total. The van der Waals surface area contributed by atoms with Gasteiger partial charge in [0, 0.05) is 6.07 Å². The van der Waals surface area contributed by atoms with E-state index < -0.39 is 36.5 Å². The van der Waals surface area contributed by atoms with Crippen molar-refractivity contribution in [3.63, 3.8) is 0 Å². The smallest absolute Gasteiger partial charge is 0.858 e. The van der Waals surface area contributed by atoms with Gasteiger partial charge in [0.2, 0.25) is 9.84 Å². The van der Waals surface area contributed by atoms with E-state index in [1.54, 1.807) is 42.5 Å². The van der Waals surface area contributed by atoms with Gasteiger partial charge < -0.3 is 15.9 Å². The van der Waals surface area contributed by atoms with E-state index in [1.807, 2.05) is 6.92 Å². The van der Waals surface area contributed by atoms with Gasteiger partial charge in [-0.15, -0.1) is 10.2 Å². The maximum atomic E-state index is 13.8. The van der Waals surface area contributed by atoms with Crippen molar-refractivity contribution in [2.75, 3.05) is 5.73 Å². The predicted octanol–water partition coefficient (Wildman–Crippen LogP) is 2.37. The normalized spacial score (nSPS) is 12.4. The van der Waals surface area contributed by atoms with E-state index in [2.05, 4.69) is 15.2 Å². The number of hydrogen-bond acceptors (Lipinski definition) is 10.